The van der Waals surface area contributed by atoms with Crippen LogP contribution >= 0.6 is 22.9 Å². The molecule has 128 valence electrons. The summed E-state index contributed by atoms with van der Waals surface area (Å²) in [7, 11) is 0. The van der Waals surface area contributed by atoms with Crippen LogP contribution < -0.4 is 5.32 Å². The lowest BCUT2D eigenvalue weighted by molar-refractivity contribution is -0.123. The van der Waals surface area contributed by atoms with Crippen molar-refractivity contribution in [2.75, 3.05) is 5.32 Å². The van der Waals surface area contributed by atoms with E-state index in [0.29, 0.717) is 5.02 Å². The molecule has 3 aromatic rings. The Balaban J connectivity index is 1.87. The number of nitrogens with zero attached hydrogens (tertiary/aromatic N) is 1. The van der Waals surface area contributed by atoms with Gasteiger partial charge in [-0.15, -0.1) is 11.3 Å². The van der Waals surface area contributed by atoms with Gasteiger partial charge in [0.25, 0.3) is 0 Å². The molecule has 1 N–H and O–H groups in total. The van der Waals surface area contributed by atoms with Crippen LogP contribution in [0, 0.1) is 5.41 Å². The van der Waals surface area contributed by atoms with Crippen molar-refractivity contribution >= 4 is 34.5 Å². The third-order valence-electron chi connectivity index (χ3n) is 3.71. The Hall–Kier alpha value is -2.17. The zero-order valence-corrected chi connectivity index (χ0v) is 15.9. The molecule has 2 aromatic carbocycles. The van der Waals surface area contributed by atoms with Crippen molar-refractivity contribution in [1.82, 2.24) is 4.98 Å². The number of carbonyl (C=O) groups excluding carboxylic acids is 1. The monoisotopic (exact) mass is 370 g/mol. The van der Waals surface area contributed by atoms with Crippen LogP contribution in [-0.2, 0) is 4.79 Å². The number of carbonyl (C=O) groups is 1. The summed E-state index contributed by atoms with van der Waals surface area (Å²) < 4.78 is 0. The Labute approximate surface area is 156 Å². The maximum absolute atomic E-state index is 12.2. The van der Waals surface area contributed by atoms with Crippen LogP contribution in [0.5, 0.6) is 0 Å². The van der Waals surface area contributed by atoms with Crippen molar-refractivity contribution in [3.63, 3.8) is 0 Å². The first-order valence-corrected chi connectivity index (χ1v) is 9.23. The molecule has 0 bridgehead atoms. The van der Waals surface area contributed by atoms with Gasteiger partial charge in [0.1, 0.15) is 5.01 Å². The molecule has 0 aliphatic carbocycles. The number of halogens is 1. The number of hydrogen-bond acceptors (Lipinski definition) is 3. The molecule has 0 spiro atoms. The summed E-state index contributed by atoms with van der Waals surface area (Å²) in [6.45, 7) is 5.67. The minimum absolute atomic E-state index is 0.0142. The van der Waals surface area contributed by atoms with E-state index in [4.69, 9.17) is 16.6 Å². The molecular formula is C20H19ClN2OS. The van der Waals surface area contributed by atoms with Crippen molar-refractivity contribution in [2.24, 2.45) is 5.41 Å². The first-order chi connectivity index (χ1) is 11.8. The lowest BCUT2D eigenvalue weighted by atomic mass is 9.95. The predicted molar refractivity (Wildman–Crippen MR) is 106 cm³/mol. The highest BCUT2D eigenvalue weighted by Crippen LogP contribution is 2.33. The van der Waals surface area contributed by atoms with Crippen molar-refractivity contribution in [2.45, 2.75) is 20.8 Å². The standard InChI is InChI=1S/C20H19ClN2OS/c1-20(2,3)19(24)22-14-8-6-7-13(11-14)17-12-25-18(23-17)15-9-4-5-10-16(15)21/h4-12H,1-3H3,(H,22,24). The lowest BCUT2D eigenvalue weighted by Gasteiger charge is -2.17. The smallest absolute Gasteiger partial charge is 0.229 e. The van der Waals surface area contributed by atoms with Gasteiger partial charge in [-0.25, -0.2) is 4.98 Å². The molecule has 0 unspecified atom stereocenters. The molecule has 0 radical (unpaired) electrons. The summed E-state index contributed by atoms with van der Waals surface area (Å²) in [6, 6.07) is 15.4. The van der Waals surface area contributed by atoms with Crippen LogP contribution in [0.4, 0.5) is 5.69 Å². The number of rotatable bonds is 3. The van der Waals surface area contributed by atoms with Crippen LogP contribution in [-0.4, -0.2) is 10.9 Å². The van der Waals surface area contributed by atoms with Crippen LogP contribution in [0.2, 0.25) is 5.02 Å². The highest BCUT2D eigenvalue weighted by molar-refractivity contribution is 7.13. The van der Waals surface area contributed by atoms with E-state index in [-0.39, 0.29) is 5.91 Å². The molecule has 1 amide bonds. The van der Waals surface area contributed by atoms with Crippen LogP contribution in [0.3, 0.4) is 0 Å². The van der Waals surface area contributed by atoms with E-state index >= 15 is 0 Å². The van der Waals surface area contributed by atoms with Gasteiger partial charge in [0, 0.05) is 27.6 Å². The highest BCUT2D eigenvalue weighted by Gasteiger charge is 2.21. The summed E-state index contributed by atoms with van der Waals surface area (Å²) in [5.74, 6) is -0.0142. The average molecular weight is 371 g/mol. The molecule has 1 aromatic heterocycles. The maximum atomic E-state index is 12.2. The van der Waals surface area contributed by atoms with E-state index in [1.54, 1.807) is 11.3 Å². The summed E-state index contributed by atoms with van der Waals surface area (Å²) >= 11 is 7.81. The third-order valence-corrected chi connectivity index (χ3v) is 4.91. The van der Waals surface area contributed by atoms with Crippen LogP contribution in [0.15, 0.2) is 53.9 Å². The van der Waals surface area contributed by atoms with Gasteiger partial charge in [-0.05, 0) is 18.2 Å². The van der Waals surface area contributed by atoms with E-state index in [0.717, 1.165) is 27.5 Å². The van der Waals surface area contributed by atoms with Crippen LogP contribution in [0.1, 0.15) is 20.8 Å². The van der Waals surface area contributed by atoms with Crippen molar-refractivity contribution in [3.8, 4) is 21.8 Å². The number of nitrogens with one attached hydrogen (secondary N) is 1. The van der Waals surface area contributed by atoms with Crippen LogP contribution in [0.25, 0.3) is 21.8 Å². The number of anilines is 1. The topological polar surface area (TPSA) is 42.0 Å². The second kappa shape index (κ2) is 6.98. The van der Waals surface area contributed by atoms with E-state index in [9.17, 15) is 4.79 Å². The summed E-state index contributed by atoms with van der Waals surface area (Å²) in [5, 5.41) is 6.53. The zero-order valence-electron chi connectivity index (χ0n) is 14.3. The SMILES string of the molecule is CC(C)(C)C(=O)Nc1cccc(-c2csc(-c3ccccc3Cl)n2)c1. The van der Waals surface area contributed by atoms with E-state index < -0.39 is 5.41 Å². The molecule has 1 heterocycles. The number of benzene rings is 2. The van der Waals surface area contributed by atoms with Gasteiger partial charge in [0.05, 0.1) is 10.7 Å². The maximum Gasteiger partial charge on any atom is 0.229 e. The van der Waals surface area contributed by atoms with Gasteiger partial charge in [0.15, 0.2) is 0 Å². The minimum atomic E-state index is -0.437. The van der Waals surface area contributed by atoms with Crippen molar-refractivity contribution < 1.29 is 4.79 Å². The van der Waals surface area contributed by atoms with E-state index in [1.807, 2.05) is 74.7 Å². The zero-order chi connectivity index (χ0) is 18.0. The molecular weight excluding hydrogens is 352 g/mol. The lowest BCUT2D eigenvalue weighted by Crippen LogP contribution is -2.27. The molecule has 0 saturated carbocycles. The molecule has 3 nitrogen and oxygen atoms in total. The first kappa shape index (κ1) is 17.6. The Morgan fingerprint density at radius 3 is 2.60 bits per heavy atom. The van der Waals surface area contributed by atoms with Gasteiger partial charge in [-0.2, -0.15) is 0 Å². The molecule has 0 aliphatic heterocycles. The number of thiazole rings is 1. The molecule has 3 rings (SSSR count). The van der Waals surface area contributed by atoms with Gasteiger partial charge < -0.3 is 5.32 Å². The number of hydrogen-bond donors (Lipinski definition) is 1. The molecule has 0 aliphatic rings. The second-order valence-corrected chi connectivity index (χ2v) is 8.07. The summed E-state index contributed by atoms with van der Waals surface area (Å²) in [4.78, 5) is 16.9. The third kappa shape index (κ3) is 4.09. The van der Waals surface area contributed by atoms with Gasteiger partial charge in [-0.1, -0.05) is 62.7 Å². The fourth-order valence-corrected chi connectivity index (χ4v) is 3.39. The molecule has 0 atom stereocenters. The largest absolute Gasteiger partial charge is 0.326 e. The molecule has 5 heteroatoms. The quantitative estimate of drug-likeness (QED) is 0.603. The molecule has 25 heavy (non-hydrogen) atoms. The number of aromatic nitrogens is 1. The normalized spacial score (nSPS) is 11.4. The summed E-state index contributed by atoms with van der Waals surface area (Å²) in [6.07, 6.45) is 0. The Bertz CT molecular complexity index is 912. The second-order valence-electron chi connectivity index (χ2n) is 6.80. The Morgan fingerprint density at radius 2 is 1.88 bits per heavy atom. The molecule has 0 fully saturated rings. The fraction of sp³-hybridized carbons (Fsp3) is 0.200. The molecule has 0 saturated heterocycles. The highest BCUT2D eigenvalue weighted by atomic mass is 35.5. The van der Waals surface area contributed by atoms with Gasteiger partial charge in [0.2, 0.25) is 5.91 Å². The summed E-state index contributed by atoms with van der Waals surface area (Å²) in [5.41, 5.74) is 3.09. The van der Waals surface area contributed by atoms with Gasteiger partial charge >= 0.3 is 0 Å². The van der Waals surface area contributed by atoms with E-state index in [2.05, 4.69) is 5.32 Å². The predicted octanol–water partition coefficient (Wildman–Crippen LogP) is 6.12. The number of amides is 1. The Morgan fingerprint density at radius 1 is 1.12 bits per heavy atom. The fourth-order valence-electron chi connectivity index (χ4n) is 2.24. The van der Waals surface area contributed by atoms with Crippen molar-refractivity contribution in [1.29, 1.82) is 0 Å². The van der Waals surface area contributed by atoms with Crippen molar-refractivity contribution in [3.05, 3.63) is 58.9 Å². The minimum Gasteiger partial charge on any atom is -0.326 e. The first-order valence-electron chi connectivity index (χ1n) is 7.97. The van der Waals surface area contributed by atoms with Gasteiger partial charge in [-0.3, -0.25) is 4.79 Å². The Kier molecular flexibility index (Phi) is 4.93. The van der Waals surface area contributed by atoms with E-state index in [1.165, 1.54) is 0 Å². The average Bonchev–Trinajstić information content (AvgIpc) is 3.04.